The van der Waals surface area contributed by atoms with E-state index in [1.807, 2.05) is 0 Å². The largest absolute Gasteiger partial charge is 0.481 e. The first kappa shape index (κ1) is 19.6. The minimum absolute atomic E-state index is 0.0192. The molecule has 0 aromatic rings. The fraction of sp³-hybridized carbons (Fsp3) is 0.824. The van der Waals surface area contributed by atoms with E-state index in [9.17, 15) is 14.4 Å². The number of rotatable bonds is 11. The van der Waals surface area contributed by atoms with Gasteiger partial charge in [0.25, 0.3) is 0 Å². The fourth-order valence-corrected chi connectivity index (χ4v) is 3.13. The first-order valence-corrected chi connectivity index (χ1v) is 8.56. The van der Waals surface area contributed by atoms with Gasteiger partial charge in [-0.3, -0.25) is 9.59 Å². The molecule has 3 unspecified atom stereocenters. The van der Waals surface area contributed by atoms with Crippen molar-refractivity contribution in [1.29, 1.82) is 0 Å². The van der Waals surface area contributed by atoms with Crippen LogP contribution >= 0.6 is 0 Å². The quantitative estimate of drug-likeness (QED) is 0.448. The van der Waals surface area contributed by atoms with E-state index in [4.69, 9.17) is 9.84 Å². The van der Waals surface area contributed by atoms with E-state index in [2.05, 4.69) is 5.32 Å². The van der Waals surface area contributed by atoms with E-state index in [-0.39, 0.29) is 30.3 Å². The van der Waals surface area contributed by atoms with E-state index in [0.717, 1.165) is 44.8 Å². The van der Waals surface area contributed by atoms with E-state index in [1.165, 1.54) is 0 Å². The molecule has 6 heteroatoms. The van der Waals surface area contributed by atoms with Gasteiger partial charge in [-0.1, -0.05) is 19.3 Å². The Kier molecular flexibility index (Phi) is 9.52. The summed E-state index contributed by atoms with van der Waals surface area (Å²) in [5.74, 6) is -1.04. The number of carbonyl (C=O) groups is 3. The second-order valence-corrected chi connectivity index (χ2v) is 6.29. The average molecular weight is 327 g/mol. The molecule has 0 saturated heterocycles. The zero-order valence-electron chi connectivity index (χ0n) is 14.0. The summed E-state index contributed by atoms with van der Waals surface area (Å²) in [5, 5.41) is 11.5. The highest BCUT2D eigenvalue weighted by Gasteiger charge is 2.35. The number of aliphatic carboxylic acids is 1. The first-order chi connectivity index (χ1) is 11.1. The highest BCUT2D eigenvalue weighted by atomic mass is 16.5. The molecular weight excluding hydrogens is 298 g/mol. The third-order valence-corrected chi connectivity index (χ3v) is 4.53. The summed E-state index contributed by atoms with van der Waals surface area (Å²) in [7, 11) is 1.61. The van der Waals surface area contributed by atoms with Gasteiger partial charge in [-0.15, -0.1) is 0 Å². The molecule has 0 aromatic heterocycles. The van der Waals surface area contributed by atoms with Crippen LogP contribution in [-0.4, -0.2) is 43.0 Å². The van der Waals surface area contributed by atoms with Crippen LogP contribution in [0.4, 0.5) is 0 Å². The van der Waals surface area contributed by atoms with E-state index < -0.39 is 5.97 Å². The van der Waals surface area contributed by atoms with Gasteiger partial charge in [0.05, 0.1) is 12.0 Å². The van der Waals surface area contributed by atoms with Crippen LogP contribution in [-0.2, 0) is 19.1 Å². The molecule has 1 aliphatic rings. The summed E-state index contributed by atoms with van der Waals surface area (Å²) in [4.78, 5) is 33.6. The lowest BCUT2D eigenvalue weighted by Crippen LogP contribution is -2.42. The monoisotopic (exact) mass is 327 g/mol. The van der Waals surface area contributed by atoms with Gasteiger partial charge in [-0.2, -0.15) is 0 Å². The van der Waals surface area contributed by atoms with Gasteiger partial charge in [0.1, 0.15) is 6.29 Å². The summed E-state index contributed by atoms with van der Waals surface area (Å²) in [6.45, 7) is 0.621. The molecule has 0 aliphatic heterocycles. The Balaban J connectivity index is 2.16. The zero-order chi connectivity index (χ0) is 17.1. The number of carbonyl (C=O) groups excluding carboxylic acids is 2. The van der Waals surface area contributed by atoms with Crippen LogP contribution in [0.5, 0.6) is 0 Å². The number of hydrogen-bond acceptors (Lipinski definition) is 4. The van der Waals surface area contributed by atoms with Gasteiger partial charge >= 0.3 is 5.97 Å². The van der Waals surface area contributed by atoms with Gasteiger partial charge in [0, 0.05) is 26.0 Å². The molecule has 1 saturated carbocycles. The Hall–Kier alpha value is -1.43. The molecule has 3 atom stereocenters. The lowest BCUT2D eigenvalue weighted by Gasteiger charge is -2.32. The molecule has 1 amide bonds. The fourth-order valence-electron chi connectivity index (χ4n) is 3.13. The average Bonchev–Trinajstić information content (AvgIpc) is 2.56. The predicted octanol–water partition coefficient (Wildman–Crippen LogP) is 2.16. The van der Waals surface area contributed by atoms with Crippen LogP contribution in [0.25, 0.3) is 0 Å². The topological polar surface area (TPSA) is 92.7 Å². The smallest absolute Gasteiger partial charge is 0.303 e. The van der Waals surface area contributed by atoms with Crippen molar-refractivity contribution in [3.8, 4) is 0 Å². The summed E-state index contributed by atoms with van der Waals surface area (Å²) in [6, 6.07) is 0. The maximum atomic E-state index is 12.3. The molecule has 2 N–H and O–H groups in total. The van der Waals surface area contributed by atoms with Crippen LogP contribution < -0.4 is 5.32 Å². The summed E-state index contributed by atoms with van der Waals surface area (Å²) in [5.41, 5.74) is 0. The summed E-state index contributed by atoms with van der Waals surface area (Å²) in [6.07, 6.45) is 7.69. The minimum atomic E-state index is -0.744. The van der Waals surface area contributed by atoms with Gasteiger partial charge in [-0.05, 0) is 32.1 Å². The number of aldehydes is 1. The number of nitrogens with one attached hydrogen (secondary N) is 1. The number of carboxylic acids is 1. The van der Waals surface area contributed by atoms with Crippen molar-refractivity contribution in [3.05, 3.63) is 0 Å². The normalized spacial score (nSPS) is 24.1. The highest BCUT2D eigenvalue weighted by Crippen LogP contribution is 2.30. The molecule has 1 fully saturated rings. The summed E-state index contributed by atoms with van der Waals surface area (Å²) >= 11 is 0. The highest BCUT2D eigenvalue weighted by molar-refractivity contribution is 5.79. The molecule has 0 aromatic carbocycles. The van der Waals surface area contributed by atoms with Crippen LogP contribution in [0, 0.1) is 11.8 Å². The Bertz CT molecular complexity index is 385. The standard InChI is InChI=1S/C17H29NO5/c1-23-15-9-8-13(12-19)11-14(15)17(22)18-10-6-4-2-3-5-7-16(20)21/h12-15H,2-11H2,1H3,(H,18,22)(H,20,21). The molecule has 23 heavy (non-hydrogen) atoms. The maximum Gasteiger partial charge on any atom is 0.303 e. The number of carboxylic acid groups (broad SMARTS) is 1. The van der Waals surface area contributed by atoms with Crippen molar-refractivity contribution < 1.29 is 24.2 Å². The van der Waals surface area contributed by atoms with Crippen LogP contribution in [0.2, 0.25) is 0 Å². The Morgan fingerprint density at radius 1 is 1.17 bits per heavy atom. The van der Waals surface area contributed by atoms with Crippen LogP contribution in [0.3, 0.4) is 0 Å². The first-order valence-electron chi connectivity index (χ1n) is 8.56. The molecule has 0 bridgehead atoms. The Morgan fingerprint density at radius 3 is 2.52 bits per heavy atom. The molecule has 0 radical (unpaired) electrons. The molecule has 1 aliphatic carbocycles. The second-order valence-electron chi connectivity index (χ2n) is 6.29. The molecule has 0 heterocycles. The predicted molar refractivity (Wildman–Crippen MR) is 86.0 cm³/mol. The van der Waals surface area contributed by atoms with Crippen molar-refractivity contribution >= 4 is 18.2 Å². The number of amides is 1. The van der Waals surface area contributed by atoms with Gasteiger partial charge < -0.3 is 20.0 Å². The van der Waals surface area contributed by atoms with Crippen LogP contribution in [0.1, 0.15) is 57.8 Å². The number of hydrogen-bond donors (Lipinski definition) is 2. The third-order valence-electron chi connectivity index (χ3n) is 4.53. The molecular formula is C17H29NO5. The van der Waals surface area contributed by atoms with Crippen molar-refractivity contribution in [2.75, 3.05) is 13.7 Å². The van der Waals surface area contributed by atoms with E-state index >= 15 is 0 Å². The lowest BCUT2D eigenvalue weighted by atomic mass is 9.79. The molecule has 132 valence electrons. The number of ether oxygens (including phenoxy) is 1. The van der Waals surface area contributed by atoms with E-state index in [0.29, 0.717) is 19.4 Å². The van der Waals surface area contributed by atoms with Crippen molar-refractivity contribution in [2.45, 2.75) is 63.9 Å². The van der Waals surface area contributed by atoms with Crippen molar-refractivity contribution in [3.63, 3.8) is 0 Å². The number of methoxy groups -OCH3 is 1. The van der Waals surface area contributed by atoms with Crippen LogP contribution in [0.15, 0.2) is 0 Å². The second kappa shape index (κ2) is 11.2. The Morgan fingerprint density at radius 2 is 1.87 bits per heavy atom. The van der Waals surface area contributed by atoms with Crippen molar-refractivity contribution in [1.82, 2.24) is 5.32 Å². The molecule has 0 spiro atoms. The lowest BCUT2D eigenvalue weighted by molar-refractivity contribution is -0.137. The third kappa shape index (κ3) is 7.59. The maximum absolute atomic E-state index is 12.3. The summed E-state index contributed by atoms with van der Waals surface area (Å²) < 4.78 is 5.38. The SMILES string of the molecule is COC1CCC(C=O)CC1C(=O)NCCCCCCCC(=O)O. The molecule has 1 rings (SSSR count). The Labute approximate surface area is 138 Å². The minimum Gasteiger partial charge on any atom is -0.481 e. The molecule has 6 nitrogen and oxygen atoms in total. The van der Waals surface area contributed by atoms with Gasteiger partial charge in [0.15, 0.2) is 0 Å². The van der Waals surface area contributed by atoms with E-state index in [1.54, 1.807) is 7.11 Å². The van der Waals surface area contributed by atoms with Gasteiger partial charge in [0.2, 0.25) is 5.91 Å². The number of unbranched alkanes of at least 4 members (excludes halogenated alkanes) is 4. The van der Waals surface area contributed by atoms with Crippen molar-refractivity contribution in [2.24, 2.45) is 11.8 Å². The van der Waals surface area contributed by atoms with Gasteiger partial charge in [-0.25, -0.2) is 0 Å². The zero-order valence-corrected chi connectivity index (χ0v) is 14.0.